The smallest absolute Gasteiger partial charge is 0.192 e. The molecule has 0 heterocycles. The van der Waals surface area contributed by atoms with E-state index in [4.69, 9.17) is 13.9 Å². The van der Waals surface area contributed by atoms with Crippen molar-refractivity contribution in [2.75, 3.05) is 20.3 Å². The molecule has 1 N–H and O–H groups in total. The molecule has 2 rings (SSSR count). The van der Waals surface area contributed by atoms with Gasteiger partial charge in [-0.1, -0.05) is 51.9 Å². The van der Waals surface area contributed by atoms with E-state index in [-0.39, 0.29) is 29.3 Å². The number of benzene rings is 1. The van der Waals surface area contributed by atoms with Crippen LogP contribution in [0.2, 0.25) is 18.1 Å². The van der Waals surface area contributed by atoms with E-state index in [0.29, 0.717) is 19.1 Å². The molecule has 1 aromatic carbocycles. The quantitative estimate of drug-likeness (QED) is 0.105. The highest BCUT2D eigenvalue weighted by Crippen LogP contribution is 2.43. The third kappa shape index (κ3) is 7.33. The van der Waals surface area contributed by atoms with Crippen LogP contribution < -0.4 is 10.1 Å². The van der Waals surface area contributed by atoms with Gasteiger partial charge < -0.3 is 19.2 Å². The normalized spacial score (nSPS) is 19.9. The van der Waals surface area contributed by atoms with Gasteiger partial charge in [-0.2, -0.15) is 0 Å². The van der Waals surface area contributed by atoms with E-state index in [1.165, 1.54) is 11.1 Å². The molecule has 0 saturated carbocycles. The monoisotopic (exact) mass is 488 g/mol. The lowest BCUT2D eigenvalue weighted by molar-refractivity contribution is 0.0679. The molecular weight excluding hydrogens is 444 g/mol. The van der Waals surface area contributed by atoms with E-state index in [0.717, 1.165) is 18.6 Å². The van der Waals surface area contributed by atoms with Crippen molar-refractivity contribution in [2.24, 2.45) is 11.0 Å². The largest absolute Gasteiger partial charge is 0.497 e. The molecule has 0 unspecified atom stereocenters. The SMILES string of the molecule is C=CCO[C@@H]1C[C@H](NC[C@@H](O[Si](C)(C)C(C)(C)C)[C@H](CC(C)C)N=[N+]=[N-])c2cc(OC)ccc21. The van der Waals surface area contributed by atoms with Gasteiger partial charge >= 0.3 is 0 Å². The molecule has 0 spiro atoms. The van der Waals surface area contributed by atoms with E-state index in [1.807, 2.05) is 6.07 Å². The average molecular weight is 489 g/mol. The van der Waals surface area contributed by atoms with E-state index >= 15 is 0 Å². The summed E-state index contributed by atoms with van der Waals surface area (Å²) in [5.74, 6) is 1.23. The average Bonchev–Trinajstić information content (AvgIpc) is 3.10. The standard InChI is InChI=1S/C26H44N4O3Si/c1-10-13-32-24-16-22(21-15-19(31-7)11-12-20(21)24)28-17-25(23(29-30-27)14-18(2)3)33-34(8,9)26(4,5)6/h10-12,15,18,22-25,28H,1,13-14,16-17H2,2-9H3/t22-,23-,24+,25+/m0/s1. The van der Waals surface area contributed by atoms with Gasteiger partial charge in [0.25, 0.3) is 0 Å². The maximum Gasteiger partial charge on any atom is 0.192 e. The van der Waals surface area contributed by atoms with Gasteiger partial charge in [0.1, 0.15) is 5.75 Å². The number of azide groups is 1. The minimum Gasteiger partial charge on any atom is -0.497 e. The lowest BCUT2D eigenvalue weighted by Gasteiger charge is -2.41. The number of nitrogens with zero attached hydrogens (tertiary/aromatic N) is 3. The Bertz CT molecular complexity index is 862. The third-order valence-corrected chi connectivity index (χ3v) is 11.5. The highest BCUT2D eigenvalue weighted by Gasteiger charge is 2.41. The van der Waals surface area contributed by atoms with Crippen LogP contribution in [0.3, 0.4) is 0 Å². The molecule has 7 nitrogen and oxygen atoms in total. The highest BCUT2D eigenvalue weighted by molar-refractivity contribution is 6.74. The summed E-state index contributed by atoms with van der Waals surface area (Å²) in [5.41, 5.74) is 11.7. The first kappa shape index (κ1) is 28.4. The zero-order valence-electron chi connectivity index (χ0n) is 22.3. The first-order chi connectivity index (χ1) is 15.9. The molecule has 0 bridgehead atoms. The predicted octanol–water partition coefficient (Wildman–Crippen LogP) is 7.09. The van der Waals surface area contributed by atoms with Gasteiger partial charge in [-0.3, -0.25) is 0 Å². The number of hydrogen-bond acceptors (Lipinski definition) is 5. The molecule has 0 amide bonds. The lowest BCUT2D eigenvalue weighted by Crippen LogP contribution is -2.50. The summed E-state index contributed by atoms with van der Waals surface area (Å²) in [6.45, 7) is 20.4. The molecule has 1 aromatic rings. The molecule has 4 atom stereocenters. The minimum atomic E-state index is -2.08. The van der Waals surface area contributed by atoms with Crippen LogP contribution in [-0.2, 0) is 9.16 Å². The molecule has 0 aromatic heterocycles. The van der Waals surface area contributed by atoms with E-state index in [2.05, 4.69) is 81.8 Å². The van der Waals surface area contributed by atoms with Crippen LogP contribution in [0.5, 0.6) is 5.75 Å². The van der Waals surface area contributed by atoms with Crippen LogP contribution in [0, 0.1) is 5.92 Å². The number of hydrogen-bond donors (Lipinski definition) is 1. The van der Waals surface area contributed by atoms with Crippen molar-refractivity contribution < 1.29 is 13.9 Å². The van der Waals surface area contributed by atoms with Crippen molar-refractivity contribution >= 4 is 8.32 Å². The Morgan fingerprint density at radius 3 is 2.56 bits per heavy atom. The van der Waals surface area contributed by atoms with E-state index in [9.17, 15) is 5.53 Å². The van der Waals surface area contributed by atoms with Crippen molar-refractivity contribution in [3.8, 4) is 5.75 Å². The Kier molecular flexibility index (Phi) is 10.2. The van der Waals surface area contributed by atoms with E-state index < -0.39 is 8.32 Å². The molecule has 1 aliphatic carbocycles. The number of nitrogens with one attached hydrogen (secondary N) is 1. The van der Waals surface area contributed by atoms with Gasteiger partial charge in [0.2, 0.25) is 0 Å². The zero-order chi connectivity index (χ0) is 25.5. The summed E-state index contributed by atoms with van der Waals surface area (Å²) in [7, 11) is -0.399. The van der Waals surface area contributed by atoms with Gasteiger partial charge in [-0.25, -0.2) is 0 Å². The van der Waals surface area contributed by atoms with Crippen LogP contribution in [0.15, 0.2) is 36.0 Å². The molecule has 0 radical (unpaired) electrons. The Labute approximate surface area is 207 Å². The Morgan fingerprint density at radius 2 is 2.00 bits per heavy atom. The first-order valence-corrected chi connectivity index (χ1v) is 15.2. The van der Waals surface area contributed by atoms with Crippen LogP contribution in [0.4, 0.5) is 0 Å². The van der Waals surface area contributed by atoms with Crippen LogP contribution >= 0.6 is 0 Å². The summed E-state index contributed by atoms with van der Waals surface area (Å²) < 4.78 is 18.4. The van der Waals surface area contributed by atoms with Gasteiger partial charge in [0, 0.05) is 17.5 Å². The van der Waals surface area contributed by atoms with Gasteiger partial charge in [-0.15, -0.1) is 6.58 Å². The predicted molar refractivity (Wildman–Crippen MR) is 142 cm³/mol. The Balaban J connectivity index is 2.30. The second-order valence-electron chi connectivity index (χ2n) is 11.1. The molecule has 0 saturated heterocycles. The summed E-state index contributed by atoms with van der Waals surface area (Å²) in [4.78, 5) is 3.17. The van der Waals surface area contributed by atoms with Crippen molar-refractivity contribution in [1.29, 1.82) is 0 Å². The molecular formula is C26H44N4O3Si. The number of rotatable bonds is 13. The van der Waals surface area contributed by atoms with Crippen molar-refractivity contribution in [3.63, 3.8) is 0 Å². The maximum absolute atomic E-state index is 9.30. The van der Waals surface area contributed by atoms with Crippen molar-refractivity contribution in [1.82, 2.24) is 5.32 Å². The fourth-order valence-corrected chi connectivity index (χ4v) is 5.52. The zero-order valence-corrected chi connectivity index (χ0v) is 23.3. The second kappa shape index (κ2) is 12.2. The Hall–Kier alpha value is -1.83. The summed E-state index contributed by atoms with van der Waals surface area (Å²) in [6.07, 6.45) is 3.18. The molecule has 34 heavy (non-hydrogen) atoms. The van der Waals surface area contributed by atoms with Crippen LogP contribution in [-0.4, -0.2) is 40.7 Å². The minimum absolute atomic E-state index is 0.000226. The fraction of sp³-hybridized carbons (Fsp3) is 0.692. The fourth-order valence-electron chi connectivity index (χ4n) is 4.17. The molecule has 1 aliphatic rings. The summed E-state index contributed by atoms with van der Waals surface area (Å²) >= 11 is 0. The molecule has 0 fully saturated rings. The maximum atomic E-state index is 9.30. The number of fused-ring (bicyclic) bond motifs is 1. The second-order valence-corrected chi connectivity index (χ2v) is 15.9. The first-order valence-electron chi connectivity index (χ1n) is 12.3. The summed E-state index contributed by atoms with van der Waals surface area (Å²) in [5, 5.41) is 7.98. The van der Waals surface area contributed by atoms with Gasteiger partial charge in [0.15, 0.2) is 8.32 Å². The summed E-state index contributed by atoms with van der Waals surface area (Å²) in [6, 6.07) is 6.03. The van der Waals surface area contributed by atoms with Crippen molar-refractivity contribution in [2.45, 2.75) is 89.9 Å². The molecule has 190 valence electrons. The van der Waals surface area contributed by atoms with Gasteiger partial charge in [-0.05, 0) is 65.7 Å². The number of ether oxygens (including phenoxy) is 2. The molecule has 8 heteroatoms. The van der Waals surface area contributed by atoms with E-state index in [1.54, 1.807) is 13.2 Å². The number of methoxy groups -OCH3 is 1. The van der Waals surface area contributed by atoms with Crippen molar-refractivity contribution in [3.05, 3.63) is 52.4 Å². The van der Waals surface area contributed by atoms with Crippen LogP contribution in [0.25, 0.3) is 10.4 Å². The Morgan fingerprint density at radius 1 is 1.29 bits per heavy atom. The topological polar surface area (TPSA) is 88.5 Å². The highest BCUT2D eigenvalue weighted by atomic mass is 28.4. The molecule has 0 aliphatic heterocycles. The van der Waals surface area contributed by atoms with Crippen LogP contribution in [0.1, 0.15) is 70.7 Å². The lowest BCUT2D eigenvalue weighted by atomic mass is 9.99. The third-order valence-electron chi connectivity index (χ3n) is 7.04. The van der Waals surface area contributed by atoms with Gasteiger partial charge in [0.05, 0.1) is 32.0 Å².